The van der Waals surface area contributed by atoms with Gasteiger partial charge in [0.05, 0.1) is 13.2 Å². The van der Waals surface area contributed by atoms with Gasteiger partial charge in [-0.2, -0.15) is 13.2 Å². The number of nitrogens with zero attached hydrogens (tertiary/aromatic N) is 4. The minimum absolute atomic E-state index is 0.00510. The minimum atomic E-state index is -4.44. The van der Waals surface area contributed by atoms with Crippen LogP contribution in [0, 0.1) is 0 Å². The van der Waals surface area contributed by atoms with E-state index >= 15 is 0 Å². The SMILES string of the molecule is CCN1CCOCC12CCN(c1nccc(C(F)(F)F)n1)CC2. The highest BCUT2D eigenvalue weighted by atomic mass is 19.4. The van der Waals surface area contributed by atoms with Gasteiger partial charge in [-0.1, -0.05) is 6.92 Å². The van der Waals surface area contributed by atoms with Crippen LogP contribution in [-0.4, -0.2) is 59.8 Å². The van der Waals surface area contributed by atoms with Gasteiger partial charge in [-0.15, -0.1) is 0 Å². The summed E-state index contributed by atoms with van der Waals surface area (Å²) in [7, 11) is 0. The summed E-state index contributed by atoms with van der Waals surface area (Å²) >= 11 is 0. The second kappa shape index (κ2) is 6.24. The maximum absolute atomic E-state index is 12.8. The maximum atomic E-state index is 12.8. The molecule has 2 aliphatic heterocycles. The molecule has 2 fully saturated rings. The molecule has 0 radical (unpaired) electrons. The summed E-state index contributed by atoms with van der Waals surface area (Å²) in [5.74, 6) is 0.162. The van der Waals surface area contributed by atoms with Crippen molar-refractivity contribution < 1.29 is 17.9 Å². The molecule has 128 valence electrons. The molecule has 2 saturated heterocycles. The molecule has 3 rings (SSSR count). The van der Waals surface area contributed by atoms with Crippen LogP contribution >= 0.6 is 0 Å². The fraction of sp³-hybridized carbons (Fsp3) is 0.733. The third-order valence-electron chi connectivity index (χ3n) is 4.84. The van der Waals surface area contributed by atoms with Crippen LogP contribution in [0.25, 0.3) is 0 Å². The molecule has 0 amide bonds. The average Bonchev–Trinajstić information content (AvgIpc) is 2.55. The Morgan fingerprint density at radius 2 is 2.00 bits per heavy atom. The highest BCUT2D eigenvalue weighted by molar-refractivity contribution is 5.32. The summed E-state index contributed by atoms with van der Waals surface area (Å²) in [6.07, 6.45) is -1.57. The third-order valence-corrected chi connectivity index (χ3v) is 4.84. The van der Waals surface area contributed by atoms with Crippen LogP contribution in [0.1, 0.15) is 25.5 Å². The van der Waals surface area contributed by atoms with Crippen molar-refractivity contribution in [3.05, 3.63) is 18.0 Å². The van der Waals surface area contributed by atoms with E-state index in [2.05, 4.69) is 21.8 Å². The van der Waals surface area contributed by atoms with E-state index in [0.717, 1.165) is 38.6 Å². The fourth-order valence-corrected chi connectivity index (χ4v) is 3.50. The van der Waals surface area contributed by atoms with E-state index in [-0.39, 0.29) is 11.5 Å². The van der Waals surface area contributed by atoms with E-state index in [1.54, 1.807) is 0 Å². The highest BCUT2D eigenvalue weighted by Crippen LogP contribution is 2.33. The van der Waals surface area contributed by atoms with Crippen molar-refractivity contribution in [2.45, 2.75) is 31.5 Å². The fourth-order valence-electron chi connectivity index (χ4n) is 3.50. The first-order valence-corrected chi connectivity index (χ1v) is 7.93. The van der Waals surface area contributed by atoms with Gasteiger partial charge >= 0.3 is 6.18 Å². The lowest BCUT2D eigenvalue weighted by molar-refractivity contribution is -0.141. The summed E-state index contributed by atoms with van der Waals surface area (Å²) in [5.41, 5.74) is -0.885. The molecule has 1 spiro atoms. The Morgan fingerprint density at radius 3 is 2.65 bits per heavy atom. The van der Waals surface area contributed by atoms with Crippen LogP contribution in [0.3, 0.4) is 0 Å². The Hall–Kier alpha value is -1.41. The molecule has 0 unspecified atom stereocenters. The van der Waals surface area contributed by atoms with E-state index < -0.39 is 11.9 Å². The largest absolute Gasteiger partial charge is 0.433 e. The molecule has 0 saturated carbocycles. The van der Waals surface area contributed by atoms with Crippen molar-refractivity contribution >= 4 is 5.95 Å². The standard InChI is InChI=1S/C15H21F3N4O/c1-2-22-9-10-23-11-14(22)4-7-21(8-5-14)13-19-6-3-12(20-13)15(16,17)18/h3,6H,2,4-5,7-11H2,1H3. The number of piperidine rings is 1. The number of rotatable bonds is 2. The van der Waals surface area contributed by atoms with Crippen molar-refractivity contribution in [3.8, 4) is 0 Å². The van der Waals surface area contributed by atoms with Crippen LogP contribution in [0.4, 0.5) is 19.1 Å². The zero-order valence-electron chi connectivity index (χ0n) is 13.1. The lowest BCUT2D eigenvalue weighted by Gasteiger charge is -2.50. The first kappa shape index (κ1) is 16.4. The summed E-state index contributed by atoms with van der Waals surface area (Å²) in [4.78, 5) is 12.0. The maximum Gasteiger partial charge on any atom is 0.433 e. The Labute approximate surface area is 133 Å². The van der Waals surface area contributed by atoms with Crippen LogP contribution in [0.5, 0.6) is 0 Å². The molecule has 0 bridgehead atoms. The van der Waals surface area contributed by atoms with Crippen LogP contribution in [-0.2, 0) is 10.9 Å². The van der Waals surface area contributed by atoms with Gasteiger partial charge in [-0.25, -0.2) is 9.97 Å². The number of hydrogen-bond donors (Lipinski definition) is 0. The monoisotopic (exact) mass is 330 g/mol. The van der Waals surface area contributed by atoms with Crippen molar-refractivity contribution in [1.29, 1.82) is 0 Å². The van der Waals surface area contributed by atoms with Gasteiger partial charge in [-0.05, 0) is 25.5 Å². The van der Waals surface area contributed by atoms with Gasteiger partial charge in [0.15, 0.2) is 0 Å². The van der Waals surface area contributed by atoms with Crippen molar-refractivity contribution in [1.82, 2.24) is 14.9 Å². The third kappa shape index (κ3) is 3.28. The molecule has 0 aliphatic carbocycles. The summed E-state index contributed by atoms with van der Waals surface area (Å²) in [6, 6.07) is 0.905. The number of hydrogen-bond acceptors (Lipinski definition) is 5. The summed E-state index contributed by atoms with van der Waals surface area (Å²) < 4.78 is 44.0. The normalized spacial score (nSPS) is 22.5. The smallest absolute Gasteiger partial charge is 0.378 e. The van der Waals surface area contributed by atoms with Gasteiger partial charge < -0.3 is 9.64 Å². The first-order chi connectivity index (χ1) is 10.9. The molecule has 5 nitrogen and oxygen atoms in total. The van der Waals surface area contributed by atoms with E-state index in [1.807, 2.05) is 4.90 Å². The van der Waals surface area contributed by atoms with Gasteiger partial charge in [0.25, 0.3) is 0 Å². The van der Waals surface area contributed by atoms with Crippen LogP contribution < -0.4 is 4.90 Å². The zero-order chi connectivity index (χ0) is 16.5. The molecular weight excluding hydrogens is 309 g/mol. The Balaban J connectivity index is 1.72. The summed E-state index contributed by atoms with van der Waals surface area (Å²) in [6.45, 7) is 6.73. The summed E-state index contributed by atoms with van der Waals surface area (Å²) in [5, 5.41) is 0. The van der Waals surface area contributed by atoms with E-state index in [1.165, 1.54) is 6.20 Å². The van der Waals surface area contributed by atoms with E-state index in [9.17, 15) is 13.2 Å². The minimum Gasteiger partial charge on any atom is -0.378 e. The second-order valence-electron chi connectivity index (χ2n) is 6.08. The molecule has 8 heteroatoms. The topological polar surface area (TPSA) is 41.5 Å². The number of halogens is 3. The van der Waals surface area contributed by atoms with E-state index in [4.69, 9.17) is 4.74 Å². The number of ether oxygens (including phenoxy) is 1. The molecule has 23 heavy (non-hydrogen) atoms. The predicted octanol–water partition coefficient (Wildman–Crippen LogP) is 2.19. The lowest BCUT2D eigenvalue weighted by atomic mass is 9.85. The number of likely N-dealkylation sites (N-methyl/N-ethyl adjacent to an activating group) is 1. The molecule has 1 aromatic rings. The molecule has 1 aromatic heterocycles. The molecule has 3 heterocycles. The number of aromatic nitrogens is 2. The van der Waals surface area contributed by atoms with Gasteiger partial charge in [0, 0.05) is 31.4 Å². The van der Waals surface area contributed by atoms with Gasteiger partial charge in [0.2, 0.25) is 5.95 Å². The Morgan fingerprint density at radius 1 is 1.26 bits per heavy atom. The van der Waals surface area contributed by atoms with Crippen molar-refractivity contribution in [2.24, 2.45) is 0 Å². The number of anilines is 1. The molecular formula is C15H21F3N4O. The Bertz CT molecular complexity index is 544. The zero-order valence-corrected chi connectivity index (χ0v) is 13.1. The Kier molecular flexibility index (Phi) is 4.46. The van der Waals surface area contributed by atoms with Crippen molar-refractivity contribution in [3.63, 3.8) is 0 Å². The van der Waals surface area contributed by atoms with Gasteiger partial charge in [0.1, 0.15) is 5.69 Å². The highest BCUT2D eigenvalue weighted by Gasteiger charge is 2.42. The van der Waals surface area contributed by atoms with E-state index in [0.29, 0.717) is 19.7 Å². The number of morpholine rings is 1. The molecule has 0 atom stereocenters. The predicted molar refractivity (Wildman–Crippen MR) is 79.3 cm³/mol. The molecule has 0 aromatic carbocycles. The molecule has 0 N–H and O–H groups in total. The second-order valence-corrected chi connectivity index (χ2v) is 6.08. The van der Waals surface area contributed by atoms with Crippen LogP contribution in [0.2, 0.25) is 0 Å². The first-order valence-electron chi connectivity index (χ1n) is 7.93. The number of alkyl halides is 3. The molecule has 2 aliphatic rings. The average molecular weight is 330 g/mol. The van der Waals surface area contributed by atoms with Gasteiger partial charge in [-0.3, -0.25) is 4.90 Å². The quantitative estimate of drug-likeness (QED) is 0.831. The van der Waals surface area contributed by atoms with Crippen molar-refractivity contribution in [2.75, 3.05) is 44.3 Å². The lowest BCUT2D eigenvalue weighted by Crippen LogP contribution is -2.61. The van der Waals surface area contributed by atoms with Crippen LogP contribution in [0.15, 0.2) is 12.3 Å².